The predicted octanol–water partition coefficient (Wildman–Crippen LogP) is 5.01. The Labute approximate surface area is 202 Å². The molecule has 0 N–H and O–H groups in total. The van der Waals surface area contributed by atoms with Gasteiger partial charge in [-0.05, 0) is 42.0 Å². The molecular formula is C24H17ClF2N6O2. The third-order valence-electron chi connectivity index (χ3n) is 5.31. The number of rotatable bonds is 6. The quantitative estimate of drug-likeness (QED) is 0.332. The van der Waals surface area contributed by atoms with E-state index in [2.05, 4.69) is 15.3 Å². The van der Waals surface area contributed by atoms with Crippen molar-refractivity contribution in [2.24, 2.45) is 0 Å². The summed E-state index contributed by atoms with van der Waals surface area (Å²) in [6.45, 7) is -2.73. The van der Waals surface area contributed by atoms with Crippen molar-refractivity contribution in [2.75, 3.05) is 7.11 Å². The minimum atomic E-state index is -2.73. The van der Waals surface area contributed by atoms with Gasteiger partial charge in [0.25, 0.3) is 0 Å². The fraction of sp³-hybridized carbons (Fsp3) is 0.0833. The maximum atomic E-state index is 12.9. The Balaban J connectivity index is 1.57. The number of hydrogen-bond acceptors (Lipinski definition) is 5. The van der Waals surface area contributed by atoms with Crippen molar-refractivity contribution in [1.29, 1.82) is 0 Å². The molecule has 0 aliphatic carbocycles. The molecule has 11 heteroatoms. The zero-order valence-electron chi connectivity index (χ0n) is 18.2. The molecule has 0 unspecified atom stereocenters. The van der Waals surface area contributed by atoms with Crippen molar-refractivity contribution < 1.29 is 13.5 Å². The Morgan fingerprint density at radius 3 is 2.63 bits per heavy atom. The fourth-order valence-corrected chi connectivity index (χ4v) is 3.84. The zero-order chi connectivity index (χ0) is 24.5. The smallest absolute Gasteiger partial charge is 0.333 e. The van der Waals surface area contributed by atoms with Gasteiger partial charge in [-0.25, -0.2) is 14.0 Å². The first-order valence-electron chi connectivity index (χ1n) is 10.4. The second-order valence-electron chi connectivity index (χ2n) is 7.45. The van der Waals surface area contributed by atoms with Gasteiger partial charge in [0.05, 0.1) is 30.9 Å². The maximum Gasteiger partial charge on any atom is 0.333 e. The summed E-state index contributed by atoms with van der Waals surface area (Å²) in [7, 11) is 1.49. The molecule has 5 aromatic rings. The van der Waals surface area contributed by atoms with Crippen LogP contribution in [0.4, 0.5) is 8.78 Å². The summed E-state index contributed by atoms with van der Waals surface area (Å²) in [4.78, 5) is 12.8. The van der Waals surface area contributed by atoms with Crippen LogP contribution in [0.5, 0.6) is 5.75 Å². The Bertz CT molecular complexity index is 1580. The third kappa shape index (κ3) is 4.31. The van der Waals surface area contributed by atoms with E-state index in [4.69, 9.17) is 16.3 Å². The van der Waals surface area contributed by atoms with Crippen LogP contribution in [0.2, 0.25) is 5.02 Å². The first-order valence-corrected chi connectivity index (χ1v) is 10.7. The molecule has 3 aromatic heterocycles. The summed E-state index contributed by atoms with van der Waals surface area (Å²) < 4.78 is 35.0. The van der Waals surface area contributed by atoms with Crippen molar-refractivity contribution in [1.82, 2.24) is 29.3 Å². The zero-order valence-corrected chi connectivity index (χ0v) is 19.0. The molecule has 0 fully saturated rings. The molecule has 3 heterocycles. The van der Waals surface area contributed by atoms with Gasteiger partial charge in [-0.2, -0.15) is 24.1 Å². The van der Waals surface area contributed by atoms with E-state index in [-0.39, 0.29) is 11.1 Å². The van der Waals surface area contributed by atoms with Gasteiger partial charge >= 0.3 is 6.55 Å². The highest BCUT2D eigenvalue weighted by Crippen LogP contribution is 2.30. The number of alkyl halides is 2. The van der Waals surface area contributed by atoms with Crippen LogP contribution in [0, 0.1) is 0 Å². The van der Waals surface area contributed by atoms with E-state index >= 15 is 0 Å². The molecular weight excluding hydrogens is 478 g/mol. The Kier molecular flexibility index (Phi) is 5.87. The van der Waals surface area contributed by atoms with Crippen molar-refractivity contribution in [3.63, 3.8) is 0 Å². The summed E-state index contributed by atoms with van der Waals surface area (Å²) in [5.74, 6) is 0.428. The van der Waals surface area contributed by atoms with E-state index in [1.54, 1.807) is 53.3 Å². The van der Waals surface area contributed by atoms with Crippen LogP contribution in [0.3, 0.4) is 0 Å². The van der Waals surface area contributed by atoms with Crippen molar-refractivity contribution in [3.8, 4) is 39.6 Å². The minimum Gasteiger partial charge on any atom is -0.494 e. The van der Waals surface area contributed by atoms with Gasteiger partial charge in [0.15, 0.2) is 5.69 Å². The van der Waals surface area contributed by atoms with Gasteiger partial charge in [-0.3, -0.25) is 4.79 Å². The topological polar surface area (TPSA) is 79.8 Å². The van der Waals surface area contributed by atoms with Crippen LogP contribution in [0.25, 0.3) is 33.9 Å². The summed E-state index contributed by atoms with van der Waals surface area (Å²) in [6, 6.07) is 15.3. The summed E-state index contributed by atoms with van der Waals surface area (Å²) >= 11 is 6.12. The van der Waals surface area contributed by atoms with Crippen molar-refractivity contribution in [2.45, 2.75) is 6.55 Å². The Hall–Kier alpha value is -4.31. The van der Waals surface area contributed by atoms with Crippen molar-refractivity contribution >= 4 is 11.6 Å². The second kappa shape index (κ2) is 9.15. The summed E-state index contributed by atoms with van der Waals surface area (Å²) in [6.07, 6.45) is 5.71. The molecule has 0 bridgehead atoms. The lowest BCUT2D eigenvalue weighted by Crippen LogP contribution is -2.15. The van der Waals surface area contributed by atoms with E-state index in [1.165, 1.54) is 36.4 Å². The standard InChI is InChI=1S/C24H17ClF2N6O2/c1-35-22-11-15(16-13-29-32(14-16)24(26)27)5-6-19(22)31-10-8-21(34)23(30-31)20-7-9-28-33(20)18-4-2-3-17(25)12-18/h2-14,24H,1H3. The molecule has 0 aliphatic rings. The van der Waals surface area contributed by atoms with Crippen LogP contribution in [-0.2, 0) is 0 Å². The largest absolute Gasteiger partial charge is 0.494 e. The van der Waals surface area contributed by atoms with Crippen LogP contribution in [0.1, 0.15) is 6.55 Å². The van der Waals surface area contributed by atoms with E-state index in [0.717, 1.165) is 0 Å². The molecule has 2 aromatic carbocycles. The van der Waals surface area contributed by atoms with Crippen LogP contribution in [-0.4, -0.2) is 36.5 Å². The Morgan fingerprint density at radius 2 is 1.89 bits per heavy atom. The Morgan fingerprint density at radius 1 is 1.03 bits per heavy atom. The van der Waals surface area contributed by atoms with E-state index in [1.807, 2.05) is 6.07 Å². The lowest BCUT2D eigenvalue weighted by molar-refractivity contribution is 0.0566. The molecule has 176 valence electrons. The normalized spacial score (nSPS) is 11.2. The number of aromatic nitrogens is 6. The lowest BCUT2D eigenvalue weighted by Gasteiger charge is -2.13. The second-order valence-corrected chi connectivity index (χ2v) is 7.89. The van der Waals surface area contributed by atoms with Gasteiger partial charge in [-0.1, -0.05) is 23.7 Å². The number of hydrogen-bond donors (Lipinski definition) is 0. The fourth-order valence-electron chi connectivity index (χ4n) is 3.66. The van der Waals surface area contributed by atoms with E-state index in [0.29, 0.717) is 43.6 Å². The van der Waals surface area contributed by atoms with Gasteiger partial charge in [0, 0.05) is 29.0 Å². The number of benzene rings is 2. The number of ether oxygens (including phenoxy) is 1. The predicted molar refractivity (Wildman–Crippen MR) is 126 cm³/mol. The van der Waals surface area contributed by atoms with Gasteiger partial charge in [0.2, 0.25) is 5.43 Å². The highest BCUT2D eigenvalue weighted by molar-refractivity contribution is 6.30. The molecule has 35 heavy (non-hydrogen) atoms. The average Bonchev–Trinajstić information content (AvgIpc) is 3.55. The molecule has 0 amide bonds. The molecule has 0 saturated carbocycles. The van der Waals surface area contributed by atoms with E-state index < -0.39 is 6.55 Å². The average molecular weight is 495 g/mol. The number of halogens is 3. The molecule has 0 saturated heterocycles. The molecule has 8 nitrogen and oxygen atoms in total. The van der Waals surface area contributed by atoms with E-state index in [9.17, 15) is 13.6 Å². The van der Waals surface area contributed by atoms with Gasteiger partial charge in [0.1, 0.15) is 11.4 Å². The highest BCUT2D eigenvalue weighted by Gasteiger charge is 2.16. The first kappa shape index (κ1) is 22.5. The number of methoxy groups -OCH3 is 1. The monoisotopic (exact) mass is 494 g/mol. The van der Waals surface area contributed by atoms with Crippen molar-refractivity contribution in [3.05, 3.63) is 94.6 Å². The minimum absolute atomic E-state index is 0.175. The summed E-state index contributed by atoms with van der Waals surface area (Å²) in [5, 5.41) is 13.1. The first-order chi connectivity index (χ1) is 16.9. The molecule has 0 aliphatic heterocycles. The van der Waals surface area contributed by atoms with Gasteiger partial charge in [-0.15, -0.1) is 0 Å². The van der Waals surface area contributed by atoms with Crippen LogP contribution in [0.15, 0.2) is 84.2 Å². The van der Waals surface area contributed by atoms with Crippen LogP contribution < -0.4 is 10.2 Å². The lowest BCUT2D eigenvalue weighted by atomic mass is 10.1. The van der Waals surface area contributed by atoms with Gasteiger partial charge < -0.3 is 4.74 Å². The SMILES string of the molecule is COc1cc(-c2cnn(C(F)F)c2)ccc1-n1ccc(=O)c(-c2ccnn2-c2cccc(Cl)c2)n1. The molecule has 0 atom stereocenters. The maximum absolute atomic E-state index is 12.9. The highest BCUT2D eigenvalue weighted by atomic mass is 35.5. The molecule has 5 rings (SSSR count). The molecule has 0 spiro atoms. The molecule has 0 radical (unpaired) electrons. The summed E-state index contributed by atoms with van der Waals surface area (Å²) in [5.41, 5.74) is 2.75. The van der Waals surface area contributed by atoms with Crippen LogP contribution >= 0.6 is 11.6 Å². The number of nitrogens with zero attached hydrogens (tertiary/aromatic N) is 6. The third-order valence-corrected chi connectivity index (χ3v) is 5.54.